The van der Waals surface area contributed by atoms with Gasteiger partial charge in [0, 0.05) is 6.04 Å². The summed E-state index contributed by atoms with van der Waals surface area (Å²) in [5, 5.41) is 21.9. The van der Waals surface area contributed by atoms with Gasteiger partial charge in [0.2, 0.25) is 0 Å². The Morgan fingerprint density at radius 1 is 0.958 bits per heavy atom. The summed E-state index contributed by atoms with van der Waals surface area (Å²) in [5.41, 5.74) is 8.20. The summed E-state index contributed by atoms with van der Waals surface area (Å²) in [6.07, 6.45) is -0.603. The lowest BCUT2D eigenvalue weighted by atomic mass is 9.94. The quantitative estimate of drug-likeness (QED) is 0.597. The highest BCUT2D eigenvalue weighted by Gasteiger charge is 2.23. The number of carboxylic acid groups (broad SMARTS) is 1. The predicted molar refractivity (Wildman–Crippen MR) is 93.8 cm³/mol. The number of hydrogen-bond acceptors (Lipinski definition) is 3. The molecule has 3 atom stereocenters. The number of aliphatic hydroxyl groups excluding tert-OH is 1. The molecule has 5 nitrogen and oxygen atoms in total. The first-order valence-corrected chi connectivity index (χ1v) is 8.05. The van der Waals surface area contributed by atoms with Crippen molar-refractivity contribution in [3.8, 4) is 0 Å². The van der Waals surface area contributed by atoms with Crippen LogP contribution >= 0.6 is 0 Å². The molecule has 5 heteroatoms. The van der Waals surface area contributed by atoms with E-state index in [-0.39, 0.29) is 6.04 Å². The Balaban J connectivity index is 1.96. The zero-order valence-corrected chi connectivity index (χ0v) is 13.5. The molecule has 0 saturated carbocycles. The van der Waals surface area contributed by atoms with E-state index < -0.39 is 18.2 Å². The Morgan fingerprint density at radius 3 is 1.96 bits per heavy atom. The first kappa shape index (κ1) is 18.0. The number of aliphatic hydroxyl groups is 1. The number of nitrogens with two attached hydrogens (primary N) is 1. The Bertz CT molecular complexity index is 619. The van der Waals surface area contributed by atoms with Crippen molar-refractivity contribution in [3.05, 3.63) is 71.8 Å². The third kappa shape index (κ3) is 6.02. The van der Waals surface area contributed by atoms with Crippen molar-refractivity contribution < 1.29 is 15.0 Å². The van der Waals surface area contributed by atoms with E-state index in [1.54, 1.807) is 0 Å². The van der Waals surface area contributed by atoms with Gasteiger partial charge in [0.1, 0.15) is 0 Å². The number of nitrogens with one attached hydrogen (secondary N) is 1. The second-order valence-electron chi connectivity index (χ2n) is 6.00. The van der Waals surface area contributed by atoms with Gasteiger partial charge in [-0.2, -0.15) is 0 Å². The molecule has 0 heterocycles. The molecule has 24 heavy (non-hydrogen) atoms. The predicted octanol–water partition coefficient (Wildman–Crippen LogP) is 2.19. The molecule has 0 saturated heterocycles. The molecule has 0 unspecified atom stereocenters. The fraction of sp³-hybridized carbons (Fsp3) is 0.316. The van der Waals surface area contributed by atoms with Gasteiger partial charge < -0.3 is 21.3 Å². The summed E-state index contributed by atoms with van der Waals surface area (Å²) in [6.45, 7) is 0. The van der Waals surface area contributed by atoms with Gasteiger partial charge in [-0.15, -0.1) is 0 Å². The Labute approximate surface area is 142 Å². The fourth-order valence-corrected chi connectivity index (χ4v) is 2.78. The summed E-state index contributed by atoms with van der Waals surface area (Å²) < 4.78 is 0. The van der Waals surface area contributed by atoms with Gasteiger partial charge in [-0.05, 0) is 30.4 Å². The van der Waals surface area contributed by atoms with Gasteiger partial charge in [0.05, 0.1) is 12.1 Å². The molecule has 0 bridgehead atoms. The van der Waals surface area contributed by atoms with Crippen LogP contribution in [0.5, 0.6) is 0 Å². The number of benzene rings is 2. The van der Waals surface area contributed by atoms with Crippen molar-refractivity contribution >= 4 is 6.09 Å². The normalized spacial score (nSPS) is 14.6. The van der Waals surface area contributed by atoms with Crippen LogP contribution in [0.15, 0.2) is 60.7 Å². The van der Waals surface area contributed by atoms with Gasteiger partial charge in [0.25, 0.3) is 0 Å². The van der Waals surface area contributed by atoms with E-state index in [0.717, 1.165) is 11.1 Å². The lowest BCUT2D eigenvalue weighted by Gasteiger charge is -2.25. The van der Waals surface area contributed by atoms with Crippen LogP contribution in [-0.2, 0) is 12.8 Å². The van der Waals surface area contributed by atoms with E-state index in [2.05, 4.69) is 5.32 Å². The maximum Gasteiger partial charge on any atom is 0.404 e. The molecule has 0 aliphatic carbocycles. The van der Waals surface area contributed by atoms with Crippen molar-refractivity contribution in [1.29, 1.82) is 0 Å². The number of amides is 1. The Morgan fingerprint density at radius 2 is 1.46 bits per heavy atom. The average Bonchev–Trinajstić information content (AvgIpc) is 2.55. The van der Waals surface area contributed by atoms with Crippen LogP contribution in [0.25, 0.3) is 0 Å². The minimum absolute atomic E-state index is 0.240. The van der Waals surface area contributed by atoms with Gasteiger partial charge in [-0.25, -0.2) is 4.79 Å². The van der Waals surface area contributed by atoms with Crippen LogP contribution in [0.2, 0.25) is 0 Å². The zero-order chi connectivity index (χ0) is 17.4. The molecule has 0 fully saturated rings. The molecule has 0 radical (unpaired) electrons. The summed E-state index contributed by atoms with van der Waals surface area (Å²) >= 11 is 0. The van der Waals surface area contributed by atoms with E-state index in [9.17, 15) is 9.90 Å². The number of hydrogen-bond donors (Lipinski definition) is 4. The number of carbonyl (C=O) groups is 1. The third-order valence-corrected chi connectivity index (χ3v) is 3.96. The fourth-order valence-electron chi connectivity index (χ4n) is 2.78. The monoisotopic (exact) mass is 328 g/mol. The highest BCUT2D eigenvalue weighted by molar-refractivity contribution is 5.65. The lowest BCUT2D eigenvalue weighted by Crippen LogP contribution is -2.46. The average molecular weight is 328 g/mol. The minimum Gasteiger partial charge on any atom is -0.465 e. The molecule has 0 aliphatic heterocycles. The smallest absolute Gasteiger partial charge is 0.404 e. The SMILES string of the molecule is N[C@@H](Cc1ccccc1)C[C@@H](O)[C@H](Cc1ccccc1)NC(=O)O. The number of rotatable bonds is 8. The molecule has 2 rings (SSSR count). The summed E-state index contributed by atoms with van der Waals surface area (Å²) in [7, 11) is 0. The van der Waals surface area contributed by atoms with Crippen molar-refractivity contribution in [2.75, 3.05) is 0 Å². The first-order valence-electron chi connectivity index (χ1n) is 8.05. The summed E-state index contributed by atoms with van der Waals surface area (Å²) in [6, 6.07) is 18.5. The molecule has 5 N–H and O–H groups in total. The Kier molecular flexibility index (Phi) is 6.78. The van der Waals surface area contributed by atoms with E-state index in [1.807, 2.05) is 60.7 Å². The molecule has 128 valence electrons. The highest BCUT2D eigenvalue weighted by atomic mass is 16.4. The van der Waals surface area contributed by atoms with Crippen molar-refractivity contribution in [1.82, 2.24) is 5.32 Å². The maximum atomic E-state index is 11.0. The van der Waals surface area contributed by atoms with Crippen LogP contribution < -0.4 is 11.1 Å². The van der Waals surface area contributed by atoms with Crippen LogP contribution in [0.4, 0.5) is 4.79 Å². The van der Waals surface area contributed by atoms with Crippen molar-refractivity contribution in [2.45, 2.75) is 37.5 Å². The van der Waals surface area contributed by atoms with E-state index in [1.165, 1.54) is 0 Å². The van der Waals surface area contributed by atoms with Gasteiger partial charge in [-0.1, -0.05) is 60.7 Å². The van der Waals surface area contributed by atoms with Crippen LogP contribution in [-0.4, -0.2) is 34.5 Å². The van der Waals surface area contributed by atoms with E-state index >= 15 is 0 Å². The molecule has 0 spiro atoms. The van der Waals surface area contributed by atoms with Crippen LogP contribution in [0.1, 0.15) is 17.5 Å². The standard InChI is InChI=1S/C19H24N2O3/c20-16(11-14-7-3-1-4-8-14)13-18(22)17(21-19(23)24)12-15-9-5-2-6-10-15/h1-10,16-18,21-22H,11-13,20H2,(H,23,24)/t16-,17-,18+/m0/s1. The first-order chi connectivity index (χ1) is 11.5. The summed E-state index contributed by atoms with van der Waals surface area (Å²) in [4.78, 5) is 11.0. The topological polar surface area (TPSA) is 95.6 Å². The lowest BCUT2D eigenvalue weighted by molar-refractivity contribution is 0.105. The van der Waals surface area contributed by atoms with Crippen molar-refractivity contribution in [3.63, 3.8) is 0 Å². The van der Waals surface area contributed by atoms with Gasteiger partial charge >= 0.3 is 6.09 Å². The van der Waals surface area contributed by atoms with E-state index in [0.29, 0.717) is 19.3 Å². The molecule has 2 aromatic carbocycles. The Hall–Kier alpha value is -2.37. The molecule has 0 aromatic heterocycles. The molecule has 1 amide bonds. The van der Waals surface area contributed by atoms with E-state index in [4.69, 9.17) is 10.8 Å². The highest BCUT2D eigenvalue weighted by Crippen LogP contribution is 2.12. The zero-order valence-electron chi connectivity index (χ0n) is 13.5. The molecular weight excluding hydrogens is 304 g/mol. The van der Waals surface area contributed by atoms with Gasteiger partial charge in [0.15, 0.2) is 0 Å². The maximum absolute atomic E-state index is 11.0. The molecule has 2 aromatic rings. The largest absolute Gasteiger partial charge is 0.465 e. The minimum atomic E-state index is -1.15. The van der Waals surface area contributed by atoms with Crippen molar-refractivity contribution in [2.24, 2.45) is 5.73 Å². The molecule has 0 aliphatic rings. The summed E-state index contributed by atoms with van der Waals surface area (Å²) in [5.74, 6) is 0. The second-order valence-corrected chi connectivity index (χ2v) is 6.00. The molecular formula is C19H24N2O3. The second kappa shape index (κ2) is 9.05. The van der Waals surface area contributed by atoms with Crippen LogP contribution in [0.3, 0.4) is 0 Å². The van der Waals surface area contributed by atoms with Crippen LogP contribution in [0, 0.1) is 0 Å². The van der Waals surface area contributed by atoms with Gasteiger partial charge in [-0.3, -0.25) is 0 Å². The third-order valence-electron chi connectivity index (χ3n) is 3.96.